The highest BCUT2D eigenvalue weighted by molar-refractivity contribution is 7.89. The maximum atomic E-state index is 11.7. The molecule has 1 aliphatic carbocycles. The number of sulfonamides is 1. The molecule has 0 unspecified atom stereocenters. The lowest BCUT2D eigenvalue weighted by Crippen LogP contribution is -2.40. The molecule has 1 aliphatic rings. The van der Waals surface area contributed by atoms with Crippen molar-refractivity contribution in [2.24, 2.45) is 5.92 Å². The molecule has 0 aromatic carbocycles. The Hall–Kier alpha value is -0.130. The fourth-order valence-electron chi connectivity index (χ4n) is 2.41. The van der Waals surface area contributed by atoms with E-state index in [9.17, 15) is 8.42 Å². The Labute approximate surface area is 98.7 Å². The number of hydrogen-bond donors (Lipinski definition) is 1. The van der Waals surface area contributed by atoms with Gasteiger partial charge >= 0.3 is 0 Å². The standard InChI is InChI=1S/C11H23NO3S/c1-3-16(14,15)12(2)11-6-4-10(5-7-11)8-9-13/h10-11,13H,3-9H2,1-2H3. The summed E-state index contributed by atoms with van der Waals surface area (Å²) in [6.07, 6.45) is 4.79. The first-order valence-electron chi connectivity index (χ1n) is 6.07. The number of aliphatic hydroxyl groups is 1. The maximum Gasteiger partial charge on any atom is 0.213 e. The monoisotopic (exact) mass is 249 g/mol. The van der Waals surface area contributed by atoms with Crippen LogP contribution in [-0.2, 0) is 10.0 Å². The van der Waals surface area contributed by atoms with Gasteiger partial charge in [0.1, 0.15) is 0 Å². The third kappa shape index (κ3) is 3.43. The number of nitrogens with zero attached hydrogens (tertiary/aromatic N) is 1. The summed E-state index contributed by atoms with van der Waals surface area (Å²) in [4.78, 5) is 0. The van der Waals surface area contributed by atoms with E-state index in [0.29, 0.717) is 5.92 Å². The third-order valence-electron chi connectivity index (χ3n) is 3.67. The SMILES string of the molecule is CCS(=O)(=O)N(C)C1CCC(CCO)CC1. The van der Waals surface area contributed by atoms with E-state index in [1.165, 1.54) is 0 Å². The molecule has 1 saturated carbocycles. The molecule has 0 heterocycles. The molecule has 0 saturated heterocycles. The van der Waals surface area contributed by atoms with Crippen molar-refractivity contribution in [2.45, 2.75) is 45.1 Å². The summed E-state index contributed by atoms with van der Waals surface area (Å²) < 4.78 is 24.9. The van der Waals surface area contributed by atoms with Gasteiger partial charge < -0.3 is 5.11 Å². The van der Waals surface area contributed by atoms with Crippen LogP contribution in [0.5, 0.6) is 0 Å². The summed E-state index contributed by atoms with van der Waals surface area (Å²) in [5.41, 5.74) is 0. The Morgan fingerprint density at radius 3 is 2.25 bits per heavy atom. The van der Waals surface area contributed by atoms with Gasteiger partial charge in [0.05, 0.1) is 5.75 Å². The van der Waals surface area contributed by atoms with Crippen LogP contribution in [0.15, 0.2) is 0 Å². The summed E-state index contributed by atoms with van der Waals surface area (Å²) in [5, 5.41) is 8.85. The molecular weight excluding hydrogens is 226 g/mol. The topological polar surface area (TPSA) is 57.6 Å². The lowest BCUT2D eigenvalue weighted by molar-refractivity contribution is 0.193. The summed E-state index contributed by atoms with van der Waals surface area (Å²) in [5.74, 6) is 0.763. The van der Waals surface area contributed by atoms with Crippen molar-refractivity contribution in [3.05, 3.63) is 0 Å². The Bertz CT molecular complexity index is 294. The van der Waals surface area contributed by atoms with Gasteiger partial charge in [-0.2, -0.15) is 0 Å². The van der Waals surface area contributed by atoms with Gasteiger partial charge in [0.2, 0.25) is 10.0 Å². The van der Waals surface area contributed by atoms with Gasteiger partial charge in [0.25, 0.3) is 0 Å². The minimum Gasteiger partial charge on any atom is -0.396 e. The van der Waals surface area contributed by atoms with Gasteiger partial charge in [-0.25, -0.2) is 12.7 Å². The van der Waals surface area contributed by atoms with Crippen molar-refractivity contribution in [3.63, 3.8) is 0 Å². The Morgan fingerprint density at radius 1 is 1.25 bits per heavy atom. The molecule has 1 rings (SSSR count). The smallest absolute Gasteiger partial charge is 0.213 e. The predicted octanol–water partition coefficient (Wildman–Crippen LogP) is 1.21. The number of rotatable bonds is 5. The highest BCUT2D eigenvalue weighted by Gasteiger charge is 2.28. The van der Waals surface area contributed by atoms with E-state index >= 15 is 0 Å². The number of hydrogen-bond acceptors (Lipinski definition) is 3. The molecule has 0 spiro atoms. The first-order valence-corrected chi connectivity index (χ1v) is 7.68. The van der Waals surface area contributed by atoms with Crippen LogP contribution in [-0.4, -0.2) is 43.3 Å². The Balaban J connectivity index is 2.48. The van der Waals surface area contributed by atoms with Crippen LogP contribution >= 0.6 is 0 Å². The van der Waals surface area contributed by atoms with Crippen molar-refractivity contribution >= 4 is 10.0 Å². The second-order valence-electron chi connectivity index (χ2n) is 4.60. The second-order valence-corrected chi connectivity index (χ2v) is 6.92. The average Bonchev–Trinajstić information content (AvgIpc) is 2.29. The van der Waals surface area contributed by atoms with E-state index in [4.69, 9.17) is 5.11 Å². The van der Waals surface area contributed by atoms with Gasteiger partial charge in [-0.1, -0.05) is 0 Å². The summed E-state index contributed by atoms with van der Waals surface area (Å²) in [7, 11) is -1.35. The molecule has 1 N–H and O–H groups in total. The Morgan fingerprint density at radius 2 is 1.81 bits per heavy atom. The Kier molecular flexibility index (Phi) is 5.21. The van der Waals surface area contributed by atoms with Gasteiger partial charge in [-0.05, 0) is 44.9 Å². The summed E-state index contributed by atoms with van der Waals surface area (Å²) >= 11 is 0. The highest BCUT2D eigenvalue weighted by atomic mass is 32.2. The molecule has 16 heavy (non-hydrogen) atoms. The molecule has 96 valence electrons. The van der Waals surface area contributed by atoms with E-state index in [-0.39, 0.29) is 18.4 Å². The average molecular weight is 249 g/mol. The molecule has 0 aliphatic heterocycles. The molecule has 4 nitrogen and oxygen atoms in total. The van der Waals surface area contributed by atoms with Crippen molar-refractivity contribution in [1.82, 2.24) is 4.31 Å². The summed E-state index contributed by atoms with van der Waals surface area (Å²) in [6.45, 7) is 1.93. The van der Waals surface area contributed by atoms with Crippen LogP contribution in [0.3, 0.4) is 0 Å². The van der Waals surface area contributed by atoms with Crippen LogP contribution in [0, 0.1) is 5.92 Å². The van der Waals surface area contributed by atoms with E-state index < -0.39 is 10.0 Å². The number of aliphatic hydroxyl groups excluding tert-OH is 1. The van der Waals surface area contributed by atoms with Crippen molar-refractivity contribution in [1.29, 1.82) is 0 Å². The largest absolute Gasteiger partial charge is 0.396 e. The van der Waals surface area contributed by atoms with E-state index in [1.807, 2.05) is 0 Å². The zero-order valence-electron chi connectivity index (χ0n) is 10.2. The zero-order valence-corrected chi connectivity index (χ0v) is 11.0. The van der Waals surface area contributed by atoms with Crippen LogP contribution in [0.2, 0.25) is 0 Å². The van der Waals surface area contributed by atoms with Crippen LogP contribution in [0.4, 0.5) is 0 Å². The summed E-state index contributed by atoms with van der Waals surface area (Å²) in [6, 6.07) is 0.167. The lowest BCUT2D eigenvalue weighted by atomic mass is 9.84. The normalized spacial score (nSPS) is 27.2. The molecule has 5 heteroatoms. The molecule has 0 radical (unpaired) electrons. The van der Waals surface area contributed by atoms with Crippen LogP contribution in [0.1, 0.15) is 39.0 Å². The fourth-order valence-corrected chi connectivity index (χ4v) is 3.48. The van der Waals surface area contributed by atoms with Gasteiger partial charge in [-0.3, -0.25) is 0 Å². The van der Waals surface area contributed by atoms with E-state index in [1.54, 1.807) is 18.3 Å². The van der Waals surface area contributed by atoms with E-state index in [2.05, 4.69) is 0 Å². The molecular formula is C11H23NO3S. The predicted molar refractivity (Wildman–Crippen MR) is 64.7 cm³/mol. The van der Waals surface area contributed by atoms with Gasteiger partial charge in [0, 0.05) is 19.7 Å². The van der Waals surface area contributed by atoms with Gasteiger partial charge in [0.15, 0.2) is 0 Å². The van der Waals surface area contributed by atoms with Crippen molar-refractivity contribution < 1.29 is 13.5 Å². The fraction of sp³-hybridized carbons (Fsp3) is 1.00. The first-order chi connectivity index (χ1) is 7.51. The first kappa shape index (κ1) is 13.9. The molecule has 0 aromatic heterocycles. The van der Waals surface area contributed by atoms with Crippen LogP contribution in [0.25, 0.3) is 0 Å². The lowest BCUT2D eigenvalue weighted by Gasteiger charge is -2.33. The minimum absolute atomic E-state index is 0.167. The van der Waals surface area contributed by atoms with Crippen molar-refractivity contribution in [2.75, 3.05) is 19.4 Å². The molecule has 0 amide bonds. The minimum atomic E-state index is -3.04. The maximum absolute atomic E-state index is 11.7. The quantitative estimate of drug-likeness (QED) is 0.796. The third-order valence-corrected chi connectivity index (χ3v) is 5.58. The van der Waals surface area contributed by atoms with Crippen LogP contribution < -0.4 is 0 Å². The van der Waals surface area contributed by atoms with Gasteiger partial charge in [-0.15, -0.1) is 0 Å². The molecule has 1 fully saturated rings. The molecule has 0 aromatic rings. The zero-order chi connectivity index (χ0) is 12.2. The molecule has 0 bridgehead atoms. The second kappa shape index (κ2) is 5.98. The highest BCUT2D eigenvalue weighted by Crippen LogP contribution is 2.29. The van der Waals surface area contributed by atoms with E-state index in [0.717, 1.165) is 32.1 Å². The van der Waals surface area contributed by atoms with Crippen molar-refractivity contribution in [3.8, 4) is 0 Å². The molecule has 0 atom stereocenters.